The maximum atomic E-state index is 11.7. The highest BCUT2D eigenvalue weighted by Gasteiger charge is 2.19. The molecular weight excluding hydrogens is 272 g/mol. The first kappa shape index (κ1) is 15.4. The first-order chi connectivity index (χ1) is 9.83. The van der Waals surface area contributed by atoms with Crippen molar-refractivity contribution in [3.63, 3.8) is 0 Å². The molecular formula is C15H22N2O4. The van der Waals surface area contributed by atoms with Crippen LogP contribution >= 0.6 is 0 Å². The maximum Gasteiger partial charge on any atom is 0.412 e. The van der Waals surface area contributed by atoms with Gasteiger partial charge in [0.25, 0.3) is 0 Å². The average Bonchev–Trinajstić information content (AvgIpc) is 2.84. The third kappa shape index (κ3) is 4.82. The van der Waals surface area contributed by atoms with E-state index in [1.807, 2.05) is 0 Å². The van der Waals surface area contributed by atoms with E-state index in [1.54, 1.807) is 32.9 Å². The van der Waals surface area contributed by atoms with Crippen LogP contribution < -0.4 is 15.4 Å². The minimum atomic E-state index is -0.560. The van der Waals surface area contributed by atoms with Crippen LogP contribution in [0.1, 0.15) is 27.2 Å². The number of anilines is 1. The number of phenols is 1. The summed E-state index contributed by atoms with van der Waals surface area (Å²) >= 11 is 0. The van der Waals surface area contributed by atoms with Gasteiger partial charge in [0, 0.05) is 18.3 Å². The van der Waals surface area contributed by atoms with Crippen LogP contribution in [0.2, 0.25) is 0 Å². The van der Waals surface area contributed by atoms with Crippen molar-refractivity contribution in [1.82, 2.24) is 5.32 Å². The van der Waals surface area contributed by atoms with Gasteiger partial charge in [-0.1, -0.05) is 0 Å². The predicted octanol–water partition coefficient (Wildman–Crippen LogP) is 2.48. The summed E-state index contributed by atoms with van der Waals surface area (Å²) in [4.78, 5) is 11.7. The van der Waals surface area contributed by atoms with Crippen LogP contribution in [0.4, 0.5) is 10.5 Å². The molecule has 0 saturated carbocycles. The summed E-state index contributed by atoms with van der Waals surface area (Å²) in [5, 5.41) is 15.6. The van der Waals surface area contributed by atoms with Gasteiger partial charge in [-0.2, -0.15) is 0 Å². The molecule has 116 valence electrons. The molecule has 6 heteroatoms. The number of ether oxygens (including phenoxy) is 2. The number of phenolic OH excluding ortho intramolecular Hbond substituents is 1. The number of hydrogen-bond donors (Lipinski definition) is 3. The second kappa shape index (κ2) is 6.22. The van der Waals surface area contributed by atoms with E-state index in [0.29, 0.717) is 11.4 Å². The molecule has 0 aliphatic carbocycles. The highest BCUT2D eigenvalue weighted by Crippen LogP contribution is 2.31. The average molecular weight is 294 g/mol. The highest BCUT2D eigenvalue weighted by molar-refractivity contribution is 5.85. The van der Waals surface area contributed by atoms with Crippen molar-refractivity contribution >= 4 is 11.8 Å². The number of carbonyl (C=O) groups excluding carboxylic acids is 1. The first-order valence-corrected chi connectivity index (χ1v) is 7.04. The van der Waals surface area contributed by atoms with Gasteiger partial charge < -0.3 is 19.9 Å². The number of amides is 1. The minimum Gasteiger partial charge on any atom is -0.504 e. The molecule has 2 rings (SSSR count). The van der Waals surface area contributed by atoms with Gasteiger partial charge in [-0.25, -0.2) is 4.79 Å². The standard InChI is InChI=1S/C15H22N2O4/c1-15(2,3)21-14(19)17-10-4-5-12(18)13(8-10)20-11-6-7-16-9-11/h4-5,8,11,16,18H,6-7,9H2,1-3H3,(H,17,19). The summed E-state index contributed by atoms with van der Waals surface area (Å²) in [7, 11) is 0. The molecule has 1 aromatic carbocycles. The van der Waals surface area contributed by atoms with Gasteiger partial charge in [0.05, 0.1) is 0 Å². The van der Waals surface area contributed by atoms with Crippen molar-refractivity contribution in [3.05, 3.63) is 18.2 Å². The Morgan fingerprint density at radius 1 is 1.43 bits per heavy atom. The van der Waals surface area contributed by atoms with E-state index in [4.69, 9.17) is 9.47 Å². The number of rotatable bonds is 3. The first-order valence-electron chi connectivity index (χ1n) is 7.04. The van der Waals surface area contributed by atoms with Gasteiger partial charge in [-0.15, -0.1) is 0 Å². The lowest BCUT2D eigenvalue weighted by molar-refractivity contribution is 0.0636. The van der Waals surface area contributed by atoms with Crippen molar-refractivity contribution in [1.29, 1.82) is 0 Å². The van der Waals surface area contributed by atoms with Crippen LogP contribution in [0, 0.1) is 0 Å². The number of carbonyl (C=O) groups is 1. The molecule has 0 bridgehead atoms. The molecule has 0 aromatic heterocycles. The van der Waals surface area contributed by atoms with Crippen molar-refractivity contribution in [2.24, 2.45) is 0 Å². The summed E-state index contributed by atoms with van der Waals surface area (Å²) in [6.45, 7) is 7.05. The van der Waals surface area contributed by atoms with Crippen molar-refractivity contribution < 1.29 is 19.4 Å². The Kier molecular flexibility index (Phi) is 4.57. The third-order valence-electron chi connectivity index (χ3n) is 2.91. The lowest BCUT2D eigenvalue weighted by atomic mass is 10.2. The number of nitrogens with one attached hydrogen (secondary N) is 2. The summed E-state index contributed by atoms with van der Waals surface area (Å²) < 4.78 is 10.9. The quantitative estimate of drug-likeness (QED) is 0.746. The van der Waals surface area contributed by atoms with Gasteiger partial charge in [0.15, 0.2) is 11.5 Å². The molecule has 3 N–H and O–H groups in total. The summed E-state index contributed by atoms with van der Waals surface area (Å²) in [6, 6.07) is 4.68. The van der Waals surface area contributed by atoms with Crippen LogP contribution in [-0.2, 0) is 4.74 Å². The van der Waals surface area contributed by atoms with Gasteiger partial charge >= 0.3 is 6.09 Å². The second-order valence-corrected chi connectivity index (χ2v) is 6.04. The SMILES string of the molecule is CC(C)(C)OC(=O)Nc1ccc(O)c(OC2CCNC2)c1. The van der Waals surface area contributed by atoms with E-state index in [1.165, 1.54) is 6.07 Å². The van der Waals surface area contributed by atoms with Crippen molar-refractivity contribution in [2.75, 3.05) is 18.4 Å². The topological polar surface area (TPSA) is 79.8 Å². The summed E-state index contributed by atoms with van der Waals surface area (Å²) in [5.74, 6) is 0.411. The Labute approximate surface area is 124 Å². The Balaban J connectivity index is 2.02. The molecule has 1 aliphatic heterocycles. The van der Waals surface area contributed by atoms with Gasteiger partial charge in [0.2, 0.25) is 0 Å². The van der Waals surface area contributed by atoms with Crippen LogP contribution in [-0.4, -0.2) is 36.0 Å². The van der Waals surface area contributed by atoms with Crippen LogP contribution in [0.5, 0.6) is 11.5 Å². The van der Waals surface area contributed by atoms with E-state index in [0.717, 1.165) is 19.5 Å². The lowest BCUT2D eigenvalue weighted by Gasteiger charge is -2.20. The van der Waals surface area contributed by atoms with E-state index in [-0.39, 0.29) is 11.9 Å². The maximum absolute atomic E-state index is 11.7. The molecule has 1 aromatic rings. The predicted molar refractivity (Wildman–Crippen MR) is 79.9 cm³/mol. The molecule has 6 nitrogen and oxygen atoms in total. The molecule has 21 heavy (non-hydrogen) atoms. The van der Waals surface area contributed by atoms with Gasteiger partial charge in [0.1, 0.15) is 11.7 Å². The number of hydrogen-bond acceptors (Lipinski definition) is 5. The lowest BCUT2D eigenvalue weighted by Crippen LogP contribution is -2.27. The zero-order valence-corrected chi connectivity index (χ0v) is 12.6. The molecule has 1 unspecified atom stereocenters. The summed E-state index contributed by atoms with van der Waals surface area (Å²) in [5.41, 5.74) is -0.0430. The van der Waals surface area contributed by atoms with Crippen LogP contribution in [0.25, 0.3) is 0 Å². The van der Waals surface area contributed by atoms with Crippen molar-refractivity contribution in [2.45, 2.75) is 38.9 Å². The molecule has 1 amide bonds. The Morgan fingerprint density at radius 2 is 2.19 bits per heavy atom. The molecule has 1 atom stereocenters. The third-order valence-corrected chi connectivity index (χ3v) is 2.91. The fourth-order valence-electron chi connectivity index (χ4n) is 2.02. The normalized spacial score (nSPS) is 18.3. The monoisotopic (exact) mass is 294 g/mol. The fourth-order valence-corrected chi connectivity index (χ4v) is 2.02. The van der Waals surface area contributed by atoms with Crippen LogP contribution in [0.15, 0.2) is 18.2 Å². The molecule has 0 radical (unpaired) electrons. The van der Waals surface area contributed by atoms with Crippen LogP contribution in [0.3, 0.4) is 0 Å². The molecule has 1 saturated heterocycles. The van der Waals surface area contributed by atoms with Crippen molar-refractivity contribution in [3.8, 4) is 11.5 Å². The molecule has 1 aliphatic rings. The molecule has 0 spiro atoms. The zero-order chi connectivity index (χ0) is 15.5. The zero-order valence-electron chi connectivity index (χ0n) is 12.6. The molecule has 1 fully saturated rings. The Bertz CT molecular complexity index is 505. The fraction of sp³-hybridized carbons (Fsp3) is 0.533. The molecule has 1 heterocycles. The van der Waals surface area contributed by atoms with E-state index in [2.05, 4.69) is 10.6 Å². The second-order valence-electron chi connectivity index (χ2n) is 6.04. The largest absolute Gasteiger partial charge is 0.504 e. The number of benzene rings is 1. The minimum absolute atomic E-state index is 0.0349. The van der Waals surface area contributed by atoms with Gasteiger partial charge in [-0.05, 0) is 45.9 Å². The highest BCUT2D eigenvalue weighted by atomic mass is 16.6. The Hall–Kier alpha value is -1.95. The van der Waals surface area contributed by atoms with Gasteiger partial charge in [-0.3, -0.25) is 5.32 Å². The number of aromatic hydroxyl groups is 1. The van der Waals surface area contributed by atoms with E-state index < -0.39 is 11.7 Å². The van der Waals surface area contributed by atoms with E-state index >= 15 is 0 Å². The smallest absolute Gasteiger partial charge is 0.412 e. The summed E-state index contributed by atoms with van der Waals surface area (Å²) in [6.07, 6.45) is 0.387. The Morgan fingerprint density at radius 3 is 2.81 bits per heavy atom. The van der Waals surface area contributed by atoms with E-state index in [9.17, 15) is 9.90 Å².